The molecular formula is C18H17N. The van der Waals surface area contributed by atoms with E-state index in [-0.39, 0.29) is 0 Å². The van der Waals surface area contributed by atoms with Crippen molar-refractivity contribution in [2.45, 2.75) is 20.3 Å². The molecule has 0 heterocycles. The normalized spacial score (nSPS) is 11.1. The van der Waals surface area contributed by atoms with E-state index in [0.29, 0.717) is 6.42 Å². The van der Waals surface area contributed by atoms with Gasteiger partial charge in [-0.1, -0.05) is 54.1 Å². The van der Waals surface area contributed by atoms with Gasteiger partial charge in [0.2, 0.25) is 0 Å². The molecule has 0 aromatic heterocycles. The molecule has 0 radical (unpaired) electrons. The molecule has 0 N–H and O–H groups in total. The van der Waals surface area contributed by atoms with E-state index in [1.807, 2.05) is 36.4 Å². The molecule has 2 aromatic carbocycles. The first-order valence-electron chi connectivity index (χ1n) is 6.41. The molecule has 19 heavy (non-hydrogen) atoms. The minimum atomic E-state index is 0.693. The Hall–Kier alpha value is -2.33. The zero-order valence-electron chi connectivity index (χ0n) is 11.4. The van der Waals surface area contributed by atoms with E-state index in [2.05, 4.69) is 38.1 Å². The second kappa shape index (κ2) is 6.02. The summed E-state index contributed by atoms with van der Waals surface area (Å²) in [5, 5.41) is 9.29. The highest BCUT2D eigenvalue weighted by molar-refractivity contribution is 5.58. The monoisotopic (exact) mass is 247 g/mol. The molecule has 2 aromatic rings. The van der Waals surface area contributed by atoms with Crippen LogP contribution in [0.25, 0.3) is 6.08 Å². The van der Waals surface area contributed by atoms with E-state index in [9.17, 15) is 5.26 Å². The standard InChI is InChI=1S/C18H17N/c1-14-8-9-15(2)18(10-14)12-17(13-19)11-16-6-4-3-5-7-16/h3-11H,12H2,1-2H3/b17-11-. The van der Waals surface area contributed by atoms with Crippen LogP contribution in [0.15, 0.2) is 54.1 Å². The van der Waals surface area contributed by atoms with Crippen molar-refractivity contribution in [3.8, 4) is 6.07 Å². The van der Waals surface area contributed by atoms with Crippen molar-refractivity contribution in [3.05, 3.63) is 76.4 Å². The van der Waals surface area contributed by atoms with E-state index in [1.54, 1.807) is 0 Å². The number of nitriles is 1. The van der Waals surface area contributed by atoms with Gasteiger partial charge in [0.1, 0.15) is 0 Å². The lowest BCUT2D eigenvalue weighted by Crippen LogP contribution is -1.93. The quantitative estimate of drug-likeness (QED) is 0.735. The van der Waals surface area contributed by atoms with Crippen LogP contribution in [-0.2, 0) is 6.42 Å². The molecule has 0 amide bonds. The van der Waals surface area contributed by atoms with Crippen molar-refractivity contribution in [2.24, 2.45) is 0 Å². The van der Waals surface area contributed by atoms with Crippen LogP contribution in [0.2, 0.25) is 0 Å². The van der Waals surface area contributed by atoms with Crippen LogP contribution in [0.5, 0.6) is 0 Å². The summed E-state index contributed by atoms with van der Waals surface area (Å²) in [5.41, 5.74) is 5.56. The Bertz CT molecular complexity index is 630. The van der Waals surface area contributed by atoms with Crippen molar-refractivity contribution < 1.29 is 0 Å². The second-order valence-electron chi connectivity index (χ2n) is 4.80. The van der Waals surface area contributed by atoms with E-state index in [1.165, 1.54) is 16.7 Å². The van der Waals surface area contributed by atoms with Gasteiger partial charge in [-0.15, -0.1) is 0 Å². The van der Waals surface area contributed by atoms with E-state index < -0.39 is 0 Å². The van der Waals surface area contributed by atoms with Gasteiger partial charge >= 0.3 is 0 Å². The molecule has 0 atom stereocenters. The zero-order valence-corrected chi connectivity index (χ0v) is 11.4. The first kappa shape index (κ1) is 13.1. The first-order chi connectivity index (χ1) is 9.19. The maximum atomic E-state index is 9.29. The van der Waals surface area contributed by atoms with Crippen LogP contribution in [0.1, 0.15) is 22.3 Å². The SMILES string of the molecule is Cc1ccc(C)c(C/C(C#N)=C/c2ccccc2)c1. The molecule has 0 saturated carbocycles. The highest BCUT2D eigenvalue weighted by atomic mass is 14.2. The summed E-state index contributed by atoms with van der Waals surface area (Å²) >= 11 is 0. The number of hydrogen-bond donors (Lipinski definition) is 0. The second-order valence-corrected chi connectivity index (χ2v) is 4.80. The van der Waals surface area contributed by atoms with Crippen LogP contribution >= 0.6 is 0 Å². The smallest absolute Gasteiger partial charge is 0.0950 e. The average Bonchev–Trinajstić information content (AvgIpc) is 2.43. The lowest BCUT2D eigenvalue weighted by atomic mass is 9.98. The predicted molar refractivity (Wildman–Crippen MR) is 79.7 cm³/mol. The van der Waals surface area contributed by atoms with E-state index >= 15 is 0 Å². The van der Waals surface area contributed by atoms with Crippen molar-refractivity contribution in [1.29, 1.82) is 5.26 Å². The van der Waals surface area contributed by atoms with Gasteiger partial charge in [-0.2, -0.15) is 5.26 Å². The molecule has 0 saturated heterocycles. The summed E-state index contributed by atoms with van der Waals surface area (Å²) in [6.45, 7) is 4.17. The van der Waals surface area contributed by atoms with E-state index in [4.69, 9.17) is 0 Å². The Balaban J connectivity index is 2.28. The maximum Gasteiger partial charge on any atom is 0.0950 e. The molecule has 1 heteroatoms. The number of aryl methyl sites for hydroxylation is 2. The minimum absolute atomic E-state index is 0.693. The van der Waals surface area contributed by atoms with Gasteiger partial charge in [0.05, 0.1) is 6.07 Å². The number of allylic oxidation sites excluding steroid dienone is 1. The van der Waals surface area contributed by atoms with Gasteiger partial charge in [-0.3, -0.25) is 0 Å². The Morgan fingerprint density at radius 1 is 1.11 bits per heavy atom. The average molecular weight is 247 g/mol. The van der Waals surface area contributed by atoms with Gasteiger partial charge < -0.3 is 0 Å². The molecule has 0 unspecified atom stereocenters. The Morgan fingerprint density at radius 3 is 2.53 bits per heavy atom. The molecule has 0 spiro atoms. The fourth-order valence-electron chi connectivity index (χ4n) is 2.07. The predicted octanol–water partition coefficient (Wildman–Crippen LogP) is 4.45. The van der Waals surface area contributed by atoms with Gasteiger partial charge in [0.25, 0.3) is 0 Å². The first-order valence-corrected chi connectivity index (χ1v) is 6.41. The molecule has 2 rings (SSSR count). The van der Waals surface area contributed by atoms with Gasteiger partial charge in [-0.05, 0) is 36.6 Å². The summed E-state index contributed by atoms with van der Waals surface area (Å²) in [6.07, 6.45) is 2.65. The molecule has 0 aliphatic heterocycles. The highest BCUT2D eigenvalue weighted by Gasteiger charge is 2.03. The number of benzene rings is 2. The summed E-state index contributed by atoms with van der Waals surface area (Å²) in [4.78, 5) is 0. The number of hydrogen-bond acceptors (Lipinski definition) is 1. The summed E-state index contributed by atoms with van der Waals surface area (Å²) < 4.78 is 0. The van der Waals surface area contributed by atoms with Crippen LogP contribution in [0.3, 0.4) is 0 Å². The fourth-order valence-corrected chi connectivity index (χ4v) is 2.07. The van der Waals surface area contributed by atoms with Gasteiger partial charge in [0.15, 0.2) is 0 Å². The third-order valence-electron chi connectivity index (χ3n) is 3.17. The molecule has 0 fully saturated rings. The molecule has 0 aliphatic rings. The maximum absolute atomic E-state index is 9.29. The highest BCUT2D eigenvalue weighted by Crippen LogP contribution is 2.17. The van der Waals surface area contributed by atoms with Crippen molar-refractivity contribution in [1.82, 2.24) is 0 Å². The number of nitrogens with zero attached hydrogens (tertiary/aromatic N) is 1. The number of rotatable bonds is 3. The molecule has 94 valence electrons. The molecule has 0 bridgehead atoms. The molecule has 0 aliphatic carbocycles. The van der Waals surface area contributed by atoms with Crippen molar-refractivity contribution >= 4 is 6.08 Å². The summed E-state index contributed by atoms with van der Waals surface area (Å²) in [6, 6.07) is 18.7. The Kier molecular flexibility index (Phi) is 4.15. The van der Waals surface area contributed by atoms with Gasteiger partial charge in [-0.25, -0.2) is 0 Å². The zero-order chi connectivity index (χ0) is 13.7. The van der Waals surface area contributed by atoms with Gasteiger partial charge in [0, 0.05) is 12.0 Å². The Labute approximate surface area is 114 Å². The Morgan fingerprint density at radius 2 is 1.84 bits per heavy atom. The lowest BCUT2D eigenvalue weighted by molar-refractivity contribution is 1.16. The minimum Gasteiger partial charge on any atom is -0.193 e. The molecular weight excluding hydrogens is 230 g/mol. The van der Waals surface area contributed by atoms with Crippen LogP contribution in [0, 0.1) is 25.2 Å². The third-order valence-corrected chi connectivity index (χ3v) is 3.17. The van der Waals surface area contributed by atoms with E-state index in [0.717, 1.165) is 11.1 Å². The summed E-state index contributed by atoms with van der Waals surface area (Å²) in [7, 11) is 0. The van der Waals surface area contributed by atoms with Crippen molar-refractivity contribution in [3.63, 3.8) is 0 Å². The van der Waals surface area contributed by atoms with Crippen molar-refractivity contribution in [2.75, 3.05) is 0 Å². The topological polar surface area (TPSA) is 23.8 Å². The van der Waals surface area contributed by atoms with Crippen LogP contribution in [0.4, 0.5) is 0 Å². The molecule has 1 nitrogen and oxygen atoms in total. The fraction of sp³-hybridized carbons (Fsp3) is 0.167. The van der Waals surface area contributed by atoms with Crippen LogP contribution < -0.4 is 0 Å². The lowest BCUT2D eigenvalue weighted by Gasteiger charge is -2.06. The largest absolute Gasteiger partial charge is 0.193 e. The summed E-state index contributed by atoms with van der Waals surface area (Å²) in [5.74, 6) is 0. The third kappa shape index (κ3) is 3.56. The van der Waals surface area contributed by atoms with Crippen LogP contribution in [-0.4, -0.2) is 0 Å².